The van der Waals surface area contributed by atoms with Crippen molar-refractivity contribution in [2.45, 2.75) is 56.9 Å². The topological polar surface area (TPSA) is 29.5 Å². The highest BCUT2D eigenvalue weighted by atomic mass is 32.2. The first-order chi connectivity index (χ1) is 8.07. The van der Waals surface area contributed by atoms with Crippen LogP contribution >= 0.6 is 0 Å². The number of fused-ring (bicyclic) bond motifs is 1. The summed E-state index contributed by atoms with van der Waals surface area (Å²) in [5.74, 6) is 0.791. The maximum absolute atomic E-state index is 12.0. The predicted molar refractivity (Wildman–Crippen MR) is 71.7 cm³/mol. The van der Waals surface area contributed by atoms with E-state index < -0.39 is 10.8 Å². The summed E-state index contributed by atoms with van der Waals surface area (Å²) in [6, 6.07) is 0. The van der Waals surface area contributed by atoms with Crippen LogP contribution in [0, 0.1) is 0 Å². The number of hydrogen-bond acceptors (Lipinski definition) is 3. The number of hydrogen-bond donors (Lipinski definition) is 0. The molecule has 17 heavy (non-hydrogen) atoms. The van der Waals surface area contributed by atoms with Crippen molar-refractivity contribution in [3.63, 3.8) is 0 Å². The molecular formula is C13H25NO2S. The van der Waals surface area contributed by atoms with Crippen molar-refractivity contribution in [2.24, 2.45) is 0 Å². The molecule has 2 aliphatic rings. The molecule has 3 nitrogen and oxygen atoms in total. The van der Waals surface area contributed by atoms with Gasteiger partial charge in [0.25, 0.3) is 0 Å². The van der Waals surface area contributed by atoms with Gasteiger partial charge in [-0.3, -0.25) is 9.11 Å². The van der Waals surface area contributed by atoms with E-state index in [0.717, 1.165) is 25.3 Å². The van der Waals surface area contributed by atoms with Crippen molar-refractivity contribution in [3.8, 4) is 0 Å². The SMILES string of the molecule is CCS(=O)[C@H]1CN2CCC[C@@]2(COC(C)C)C1. The van der Waals surface area contributed by atoms with E-state index >= 15 is 0 Å². The average molecular weight is 259 g/mol. The Morgan fingerprint density at radius 1 is 1.53 bits per heavy atom. The normalized spacial score (nSPS) is 35.4. The summed E-state index contributed by atoms with van der Waals surface area (Å²) < 4.78 is 17.8. The lowest BCUT2D eigenvalue weighted by molar-refractivity contribution is 0.00314. The maximum Gasteiger partial charge on any atom is 0.0654 e. The van der Waals surface area contributed by atoms with Gasteiger partial charge in [0.05, 0.1) is 12.7 Å². The highest BCUT2D eigenvalue weighted by Gasteiger charge is 2.49. The van der Waals surface area contributed by atoms with E-state index in [4.69, 9.17) is 4.74 Å². The summed E-state index contributed by atoms with van der Waals surface area (Å²) in [5.41, 5.74) is 0.208. The first-order valence-corrected chi connectivity index (χ1v) is 8.19. The minimum atomic E-state index is -0.649. The van der Waals surface area contributed by atoms with Crippen LogP contribution in [0.15, 0.2) is 0 Å². The van der Waals surface area contributed by atoms with E-state index in [9.17, 15) is 4.21 Å². The quantitative estimate of drug-likeness (QED) is 0.754. The second-order valence-electron chi connectivity index (χ2n) is 5.63. The third-order valence-corrected chi connectivity index (χ3v) is 5.74. The molecule has 2 heterocycles. The van der Waals surface area contributed by atoms with E-state index in [2.05, 4.69) is 18.7 Å². The van der Waals surface area contributed by atoms with Gasteiger partial charge < -0.3 is 4.74 Å². The standard InChI is InChI=1S/C13H25NO2S/c1-4-17(15)12-8-13(10-16-11(2)3)6-5-7-14(13)9-12/h11-12H,4-10H2,1-3H3/t12-,13+,17?/m1/s1. The van der Waals surface area contributed by atoms with Gasteiger partial charge in [-0.15, -0.1) is 0 Å². The van der Waals surface area contributed by atoms with Crippen LogP contribution in [-0.2, 0) is 15.5 Å². The van der Waals surface area contributed by atoms with Gasteiger partial charge >= 0.3 is 0 Å². The summed E-state index contributed by atoms with van der Waals surface area (Å²) in [6.07, 6.45) is 3.85. The smallest absolute Gasteiger partial charge is 0.0654 e. The van der Waals surface area contributed by atoms with Crippen molar-refractivity contribution in [1.29, 1.82) is 0 Å². The molecule has 0 aliphatic carbocycles. The van der Waals surface area contributed by atoms with Crippen LogP contribution in [0.25, 0.3) is 0 Å². The second kappa shape index (κ2) is 5.37. The largest absolute Gasteiger partial charge is 0.377 e. The molecule has 2 rings (SSSR count). The van der Waals surface area contributed by atoms with Gasteiger partial charge in [0.15, 0.2) is 0 Å². The Hall–Kier alpha value is 0.0700. The van der Waals surface area contributed by atoms with E-state index in [-0.39, 0.29) is 5.54 Å². The highest BCUT2D eigenvalue weighted by Crippen LogP contribution is 2.40. The fraction of sp³-hybridized carbons (Fsp3) is 1.00. The van der Waals surface area contributed by atoms with E-state index in [0.29, 0.717) is 11.4 Å². The minimum Gasteiger partial charge on any atom is -0.377 e. The Kier molecular flexibility index (Phi) is 4.26. The highest BCUT2D eigenvalue weighted by molar-refractivity contribution is 7.85. The molecule has 2 saturated heterocycles. The Morgan fingerprint density at radius 3 is 2.94 bits per heavy atom. The fourth-order valence-corrected chi connectivity index (χ4v) is 4.51. The number of nitrogens with zero attached hydrogens (tertiary/aromatic N) is 1. The molecule has 0 aromatic heterocycles. The van der Waals surface area contributed by atoms with Crippen molar-refractivity contribution < 1.29 is 8.95 Å². The predicted octanol–water partition coefficient (Wildman–Crippen LogP) is 1.79. The monoisotopic (exact) mass is 259 g/mol. The summed E-state index contributed by atoms with van der Waals surface area (Å²) in [6.45, 7) is 9.21. The molecule has 0 aromatic carbocycles. The van der Waals surface area contributed by atoms with Gasteiger partial charge in [0.1, 0.15) is 0 Å². The molecule has 0 saturated carbocycles. The van der Waals surface area contributed by atoms with Gasteiger partial charge in [-0.05, 0) is 39.7 Å². The van der Waals surface area contributed by atoms with Crippen molar-refractivity contribution >= 4 is 10.8 Å². The van der Waals surface area contributed by atoms with Crippen LogP contribution in [-0.4, -0.2) is 51.5 Å². The number of rotatable bonds is 5. The zero-order chi connectivity index (χ0) is 12.5. The minimum absolute atomic E-state index is 0.208. The van der Waals surface area contributed by atoms with Crippen molar-refractivity contribution in [2.75, 3.05) is 25.4 Å². The first kappa shape index (κ1) is 13.5. The van der Waals surface area contributed by atoms with Crippen LogP contribution in [0.4, 0.5) is 0 Å². The van der Waals surface area contributed by atoms with Gasteiger partial charge in [-0.25, -0.2) is 0 Å². The Morgan fingerprint density at radius 2 is 2.29 bits per heavy atom. The molecule has 0 amide bonds. The lowest BCUT2D eigenvalue weighted by atomic mass is 9.95. The lowest BCUT2D eigenvalue weighted by Crippen LogP contribution is -2.43. The third kappa shape index (κ3) is 2.74. The van der Waals surface area contributed by atoms with Crippen molar-refractivity contribution in [1.82, 2.24) is 4.90 Å². The van der Waals surface area contributed by atoms with Gasteiger partial charge in [0.2, 0.25) is 0 Å². The molecule has 1 unspecified atom stereocenters. The molecule has 0 radical (unpaired) electrons. The third-order valence-electron chi connectivity index (χ3n) is 4.11. The van der Waals surface area contributed by atoms with Crippen LogP contribution in [0.5, 0.6) is 0 Å². The maximum atomic E-state index is 12.0. The number of ether oxygens (including phenoxy) is 1. The Labute approximate surface area is 107 Å². The van der Waals surface area contributed by atoms with Crippen LogP contribution in [0.2, 0.25) is 0 Å². The Balaban J connectivity index is 2.01. The molecule has 0 spiro atoms. The van der Waals surface area contributed by atoms with Crippen LogP contribution < -0.4 is 0 Å². The Bertz CT molecular complexity index is 295. The van der Waals surface area contributed by atoms with Crippen LogP contribution in [0.3, 0.4) is 0 Å². The average Bonchev–Trinajstić information content (AvgIpc) is 2.81. The summed E-state index contributed by atoms with van der Waals surface area (Å²) >= 11 is 0. The zero-order valence-corrected chi connectivity index (χ0v) is 12.1. The molecule has 4 heteroatoms. The molecule has 2 fully saturated rings. The van der Waals surface area contributed by atoms with E-state index in [1.165, 1.54) is 19.4 Å². The second-order valence-corrected chi connectivity index (χ2v) is 7.63. The summed E-state index contributed by atoms with van der Waals surface area (Å²) in [4.78, 5) is 2.54. The van der Waals surface area contributed by atoms with Gasteiger partial charge in [-0.2, -0.15) is 0 Å². The first-order valence-electron chi connectivity index (χ1n) is 6.81. The zero-order valence-electron chi connectivity index (χ0n) is 11.3. The molecule has 100 valence electrons. The van der Waals surface area contributed by atoms with Crippen molar-refractivity contribution in [3.05, 3.63) is 0 Å². The fourth-order valence-electron chi connectivity index (χ4n) is 3.20. The van der Waals surface area contributed by atoms with E-state index in [1.54, 1.807) is 0 Å². The van der Waals surface area contributed by atoms with Gasteiger partial charge in [-0.1, -0.05) is 6.92 Å². The molecule has 0 N–H and O–H groups in total. The molecule has 0 aromatic rings. The summed E-state index contributed by atoms with van der Waals surface area (Å²) in [7, 11) is -0.649. The molecular weight excluding hydrogens is 234 g/mol. The molecule has 0 bridgehead atoms. The van der Waals surface area contributed by atoms with Crippen LogP contribution in [0.1, 0.15) is 40.0 Å². The molecule has 2 aliphatic heterocycles. The lowest BCUT2D eigenvalue weighted by Gasteiger charge is -2.32. The van der Waals surface area contributed by atoms with E-state index in [1.807, 2.05) is 6.92 Å². The molecule has 3 atom stereocenters. The van der Waals surface area contributed by atoms with Gasteiger partial charge in [0, 0.05) is 33.9 Å². The summed E-state index contributed by atoms with van der Waals surface area (Å²) in [5, 5.41) is 0.371.